The SMILES string of the molecule is C.c1ccc(-c2nc(-c3ccccc3)nc(-c3ccc(-n4c5ccccc5c5c6c7ccccc7n(-c7cccc(-n8c9ccccc9c9ccccc98)c7)c6ccc54)cc3)n2)cc1. The van der Waals surface area contributed by atoms with E-state index in [0.29, 0.717) is 17.5 Å². The number of rotatable bonds is 6. The zero-order valence-electron chi connectivity index (χ0n) is 34.0. The van der Waals surface area contributed by atoms with Crippen LogP contribution in [0.5, 0.6) is 0 Å². The molecule has 0 spiro atoms. The first kappa shape index (κ1) is 37.2. The molecule has 0 aliphatic rings. The van der Waals surface area contributed by atoms with Crippen LogP contribution in [-0.2, 0) is 0 Å². The molecule has 0 saturated heterocycles. The molecule has 13 rings (SSSR count). The van der Waals surface area contributed by atoms with Crippen LogP contribution < -0.4 is 0 Å². The summed E-state index contributed by atoms with van der Waals surface area (Å²) in [5, 5.41) is 7.41. The van der Waals surface area contributed by atoms with Crippen LogP contribution >= 0.6 is 0 Å². The topological polar surface area (TPSA) is 53.5 Å². The molecule has 302 valence electrons. The number of benzene rings is 9. The summed E-state index contributed by atoms with van der Waals surface area (Å²) < 4.78 is 7.22. The van der Waals surface area contributed by atoms with Crippen molar-refractivity contribution >= 4 is 65.4 Å². The normalized spacial score (nSPS) is 11.6. The van der Waals surface area contributed by atoms with Crippen molar-refractivity contribution in [3.05, 3.63) is 218 Å². The van der Waals surface area contributed by atoms with Gasteiger partial charge in [0.1, 0.15) is 0 Å². The molecule has 0 amide bonds. The molecule has 64 heavy (non-hydrogen) atoms. The molecule has 0 aliphatic carbocycles. The standard InChI is InChI=1S/C57H36N6.CH4/c1-3-16-37(17-4-1)55-58-56(38-18-5-2-6-19-38)60-57(59-55)39-30-32-40(33-31-39)61-49-28-13-9-24-45(49)53-51(61)34-35-52-54(53)46-25-10-14-29-50(46)63(52)42-21-15-20-41(36-42)62-47-26-11-7-22-43(47)44-23-8-12-27-48(44)62;/h1-36H;1H4. The number of aromatic nitrogens is 6. The monoisotopic (exact) mass is 820 g/mol. The van der Waals surface area contributed by atoms with Crippen LogP contribution in [0.3, 0.4) is 0 Å². The van der Waals surface area contributed by atoms with Gasteiger partial charge in [-0.25, -0.2) is 15.0 Å². The van der Waals surface area contributed by atoms with Gasteiger partial charge in [-0.1, -0.05) is 147 Å². The van der Waals surface area contributed by atoms with E-state index < -0.39 is 0 Å². The van der Waals surface area contributed by atoms with Crippen molar-refractivity contribution in [1.82, 2.24) is 28.7 Å². The summed E-state index contributed by atoms with van der Waals surface area (Å²) in [6.45, 7) is 0. The maximum Gasteiger partial charge on any atom is 0.164 e. The zero-order chi connectivity index (χ0) is 41.4. The molecule has 0 fully saturated rings. The molecular formula is C58H40N6. The molecule has 0 radical (unpaired) electrons. The molecule has 0 saturated carbocycles. The van der Waals surface area contributed by atoms with Gasteiger partial charge in [0.2, 0.25) is 0 Å². The minimum Gasteiger partial charge on any atom is -0.309 e. The molecule has 13 aromatic rings. The third kappa shape index (κ3) is 5.70. The third-order valence-corrected chi connectivity index (χ3v) is 12.5. The highest BCUT2D eigenvalue weighted by atomic mass is 15.0. The highest BCUT2D eigenvalue weighted by Crippen LogP contribution is 2.43. The summed E-state index contributed by atoms with van der Waals surface area (Å²) in [6, 6.07) is 77.4. The fraction of sp³-hybridized carbons (Fsp3) is 0.0172. The number of para-hydroxylation sites is 4. The molecule has 0 aliphatic heterocycles. The quantitative estimate of drug-likeness (QED) is 0.168. The smallest absolute Gasteiger partial charge is 0.164 e. The van der Waals surface area contributed by atoms with E-state index in [2.05, 4.69) is 171 Å². The number of hydrogen-bond donors (Lipinski definition) is 0. The second-order valence-electron chi connectivity index (χ2n) is 16.0. The Morgan fingerprint density at radius 2 is 0.594 bits per heavy atom. The molecule has 4 aromatic heterocycles. The summed E-state index contributed by atoms with van der Waals surface area (Å²) in [4.78, 5) is 14.9. The Bertz CT molecular complexity index is 3790. The first-order valence-electron chi connectivity index (χ1n) is 21.3. The number of nitrogens with zero attached hydrogens (tertiary/aromatic N) is 6. The van der Waals surface area contributed by atoms with Crippen LogP contribution in [0, 0.1) is 0 Å². The first-order valence-corrected chi connectivity index (χ1v) is 21.3. The first-order chi connectivity index (χ1) is 31.3. The lowest BCUT2D eigenvalue weighted by atomic mass is 10.1. The van der Waals surface area contributed by atoms with E-state index in [1.807, 2.05) is 60.7 Å². The predicted molar refractivity (Wildman–Crippen MR) is 266 cm³/mol. The summed E-state index contributed by atoms with van der Waals surface area (Å²) in [5.74, 6) is 1.92. The lowest BCUT2D eigenvalue weighted by Gasteiger charge is -2.13. The summed E-state index contributed by atoms with van der Waals surface area (Å²) in [6.07, 6.45) is 0. The molecule has 0 bridgehead atoms. The van der Waals surface area contributed by atoms with Gasteiger partial charge >= 0.3 is 0 Å². The minimum atomic E-state index is 0. The molecule has 0 unspecified atom stereocenters. The van der Waals surface area contributed by atoms with Crippen molar-refractivity contribution < 1.29 is 0 Å². The Kier molecular flexibility index (Phi) is 8.59. The number of fused-ring (bicyclic) bond motifs is 10. The van der Waals surface area contributed by atoms with Gasteiger partial charge in [-0.15, -0.1) is 0 Å². The lowest BCUT2D eigenvalue weighted by Crippen LogP contribution is -2.00. The Morgan fingerprint density at radius 1 is 0.250 bits per heavy atom. The van der Waals surface area contributed by atoms with Crippen LogP contribution in [-0.4, -0.2) is 28.7 Å². The highest BCUT2D eigenvalue weighted by molar-refractivity contribution is 6.29. The van der Waals surface area contributed by atoms with Gasteiger partial charge in [0.15, 0.2) is 17.5 Å². The molecule has 6 nitrogen and oxygen atoms in total. The Balaban J connectivity index is 0.00000433. The average Bonchev–Trinajstić information content (AvgIpc) is 4.00. The minimum absolute atomic E-state index is 0. The van der Waals surface area contributed by atoms with E-state index in [4.69, 9.17) is 15.0 Å². The van der Waals surface area contributed by atoms with Crippen molar-refractivity contribution in [1.29, 1.82) is 0 Å². The van der Waals surface area contributed by atoms with Gasteiger partial charge in [0.05, 0.1) is 33.1 Å². The maximum atomic E-state index is 5.00. The van der Waals surface area contributed by atoms with Crippen LogP contribution in [0.15, 0.2) is 218 Å². The number of hydrogen-bond acceptors (Lipinski definition) is 3. The van der Waals surface area contributed by atoms with Crippen molar-refractivity contribution in [3.8, 4) is 51.2 Å². The van der Waals surface area contributed by atoms with Gasteiger partial charge in [-0.05, 0) is 78.9 Å². The molecular weight excluding hydrogens is 781 g/mol. The molecule has 9 aromatic carbocycles. The van der Waals surface area contributed by atoms with Gasteiger partial charge in [-0.2, -0.15) is 0 Å². The Hall–Kier alpha value is -8.61. The van der Waals surface area contributed by atoms with E-state index >= 15 is 0 Å². The fourth-order valence-electron chi connectivity index (χ4n) is 9.74. The lowest BCUT2D eigenvalue weighted by molar-refractivity contribution is 1.07. The van der Waals surface area contributed by atoms with Gasteiger partial charge in [0, 0.05) is 66.1 Å². The molecule has 0 N–H and O–H groups in total. The van der Waals surface area contributed by atoms with Crippen LogP contribution in [0.1, 0.15) is 7.43 Å². The Labute approximate surface area is 369 Å². The summed E-state index contributed by atoms with van der Waals surface area (Å²) in [5.41, 5.74) is 13.1. The zero-order valence-corrected chi connectivity index (χ0v) is 34.0. The molecule has 4 heterocycles. The van der Waals surface area contributed by atoms with Crippen LogP contribution in [0.25, 0.3) is 117 Å². The second kappa shape index (κ2) is 14.8. The average molecular weight is 821 g/mol. The van der Waals surface area contributed by atoms with E-state index in [1.54, 1.807) is 0 Å². The fourth-order valence-corrected chi connectivity index (χ4v) is 9.74. The summed E-state index contributed by atoms with van der Waals surface area (Å²) >= 11 is 0. The van der Waals surface area contributed by atoms with E-state index in [0.717, 1.165) is 44.8 Å². The van der Waals surface area contributed by atoms with Gasteiger partial charge in [-0.3, -0.25) is 0 Å². The van der Waals surface area contributed by atoms with E-state index in [9.17, 15) is 0 Å². The van der Waals surface area contributed by atoms with Crippen LogP contribution in [0.4, 0.5) is 0 Å². The highest BCUT2D eigenvalue weighted by Gasteiger charge is 2.21. The van der Waals surface area contributed by atoms with Crippen molar-refractivity contribution in [2.75, 3.05) is 0 Å². The molecule has 6 heteroatoms. The maximum absolute atomic E-state index is 5.00. The predicted octanol–water partition coefficient (Wildman–Crippen LogP) is 14.8. The van der Waals surface area contributed by atoms with E-state index in [-0.39, 0.29) is 7.43 Å². The third-order valence-electron chi connectivity index (χ3n) is 12.5. The largest absolute Gasteiger partial charge is 0.309 e. The van der Waals surface area contributed by atoms with Gasteiger partial charge < -0.3 is 13.7 Å². The Morgan fingerprint density at radius 3 is 1.05 bits per heavy atom. The van der Waals surface area contributed by atoms with Crippen molar-refractivity contribution in [3.63, 3.8) is 0 Å². The van der Waals surface area contributed by atoms with Crippen molar-refractivity contribution in [2.24, 2.45) is 0 Å². The van der Waals surface area contributed by atoms with Crippen molar-refractivity contribution in [2.45, 2.75) is 7.43 Å². The van der Waals surface area contributed by atoms with Crippen LogP contribution in [0.2, 0.25) is 0 Å². The van der Waals surface area contributed by atoms with Gasteiger partial charge in [0.25, 0.3) is 0 Å². The molecule has 0 atom stereocenters. The van der Waals surface area contributed by atoms with E-state index in [1.165, 1.54) is 54.4 Å². The summed E-state index contributed by atoms with van der Waals surface area (Å²) in [7, 11) is 0. The second-order valence-corrected chi connectivity index (χ2v) is 16.0.